The largest absolute Gasteiger partial charge is 0.481 e. The van der Waals surface area contributed by atoms with Crippen LogP contribution in [0.3, 0.4) is 0 Å². The SMILES string of the molecule is CCC(O)[C@]1(O)C[C@@H]2CC[C@H]([C@H]1C(=O)O)N2C. The Morgan fingerprint density at radius 1 is 1.53 bits per heavy atom. The van der Waals surface area contributed by atoms with Crippen molar-refractivity contribution in [3.8, 4) is 0 Å². The monoisotopic (exact) mass is 243 g/mol. The molecule has 0 amide bonds. The van der Waals surface area contributed by atoms with Gasteiger partial charge in [0.25, 0.3) is 0 Å². The Labute approximate surface area is 101 Å². The number of piperidine rings is 1. The first kappa shape index (κ1) is 12.8. The van der Waals surface area contributed by atoms with Gasteiger partial charge in [0.05, 0.1) is 6.10 Å². The van der Waals surface area contributed by atoms with Gasteiger partial charge in [-0.2, -0.15) is 0 Å². The normalized spacial score (nSPS) is 43.6. The predicted molar refractivity (Wildman–Crippen MR) is 61.6 cm³/mol. The molecule has 2 saturated heterocycles. The zero-order valence-electron chi connectivity index (χ0n) is 10.3. The number of hydrogen-bond acceptors (Lipinski definition) is 4. The van der Waals surface area contributed by atoms with E-state index < -0.39 is 23.6 Å². The fraction of sp³-hybridized carbons (Fsp3) is 0.917. The molecule has 0 spiro atoms. The van der Waals surface area contributed by atoms with Gasteiger partial charge in [0.2, 0.25) is 0 Å². The molecule has 2 bridgehead atoms. The third kappa shape index (κ3) is 1.77. The zero-order valence-corrected chi connectivity index (χ0v) is 10.3. The van der Waals surface area contributed by atoms with E-state index in [1.165, 1.54) is 0 Å². The van der Waals surface area contributed by atoms with E-state index in [1.807, 2.05) is 7.05 Å². The number of aliphatic hydroxyl groups excluding tert-OH is 1. The van der Waals surface area contributed by atoms with Crippen molar-refractivity contribution in [1.82, 2.24) is 4.90 Å². The van der Waals surface area contributed by atoms with Crippen molar-refractivity contribution >= 4 is 5.97 Å². The summed E-state index contributed by atoms with van der Waals surface area (Å²) in [7, 11) is 1.91. The van der Waals surface area contributed by atoms with Crippen LogP contribution < -0.4 is 0 Å². The van der Waals surface area contributed by atoms with Gasteiger partial charge in [0, 0.05) is 12.1 Å². The molecule has 0 aliphatic carbocycles. The van der Waals surface area contributed by atoms with E-state index in [2.05, 4.69) is 4.90 Å². The van der Waals surface area contributed by atoms with Crippen LogP contribution in [-0.4, -0.2) is 57.0 Å². The van der Waals surface area contributed by atoms with E-state index in [0.29, 0.717) is 12.8 Å². The van der Waals surface area contributed by atoms with Crippen LogP contribution in [0.15, 0.2) is 0 Å². The molecule has 0 radical (unpaired) electrons. The minimum atomic E-state index is -1.47. The number of carboxylic acid groups (broad SMARTS) is 1. The van der Waals surface area contributed by atoms with Gasteiger partial charge in [-0.05, 0) is 32.7 Å². The molecular weight excluding hydrogens is 222 g/mol. The summed E-state index contributed by atoms with van der Waals surface area (Å²) >= 11 is 0. The molecule has 2 aliphatic rings. The maximum absolute atomic E-state index is 11.4. The molecule has 2 fully saturated rings. The van der Waals surface area contributed by atoms with Gasteiger partial charge in [0.15, 0.2) is 0 Å². The summed E-state index contributed by atoms with van der Waals surface area (Å²) in [5.74, 6) is -1.89. The average molecular weight is 243 g/mol. The molecule has 5 heteroatoms. The van der Waals surface area contributed by atoms with Gasteiger partial charge in [-0.25, -0.2) is 0 Å². The fourth-order valence-electron chi connectivity index (χ4n) is 3.60. The Morgan fingerprint density at radius 3 is 2.71 bits per heavy atom. The van der Waals surface area contributed by atoms with Crippen molar-refractivity contribution in [2.75, 3.05) is 7.05 Å². The van der Waals surface area contributed by atoms with Crippen LogP contribution in [0, 0.1) is 5.92 Å². The van der Waals surface area contributed by atoms with E-state index >= 15 is 0 Å². The van der Waals surface area contributed by atoms with Crippen molar-refractivity contribution in [3.63, 3.8) is 0 Å². The Bertz CT molecular complexity index is 322. The molecule has 0 aromatic rings. The Hall–Kier alpha value is -0.650. The zero-order chi connectivity index (χ0) is 12.8. The quantitative estimate of drug-likeness (QED) is 0.653. The lowest BCUT2D eigenvalue weighted by molar-refractivity contribution is -0.187. The molecule has 2 heterocycles. The number of carbonyl (C=O) groups is 1. The molecule has 2 rings (SSSR count). The first-order valence-electron chi connectivity index (χ1n) is 6.27. The van der Waals surface area contributed by atoms with Gasteiger partial charge in [-0.15, -0.1) is 0 Å². The number of hydrogen-bond donors (Lipinski definition) is 3. The van der Waals surface area contributed by atoms with Crippen molar-refractivity contribution in [1.29, 1.82) is 0 Å². The lowest BCUT2D eigenvalue weighted by Gasteiger charge is -2.48. The van der Waals surface area contributed by atoms with E-state index in [0.717, 1.165) is 12.8 Å². The minimum Gasteiger partial charge on any atom is -0.481 e. The van der Waals surface area contributed by atoms with Crippen molar-refractivity contribution < 1.29 is 20.1 Å². The number of fused-ring (bicyclic) bond motifs is 2. The van der Waals surface area contributed by atoms with Gasteiger partial charge in [-0.1, -0.05) is 6.92 Å². The minimum absolute atomic E-state index is 0.155. The second kappa shape index (κ2) is 4.23. The second-order valence-corrected chi connectivity index (χ2v) is 5.40. The first-order valence-corrected chi connectivity index (χ1v) is 6.27. The number of rotatable bonds is 3. The molecule has 2 aliphatic heterocycles. The standard InChI is InChI=1S/C12H21NO4/c1-3-9(14)12(17)6-7-4-5-8(13(7)2)10(12)11(15)16/h7-10,14,17H,3-6H2,1-2H3,(H,15,16)/t7-,8+,9?,10-,12+/m0/s1. The van der Waals surface area contributed by atoms with Crippen LogP contribution in [0.5, 0.6) is 0 Å². The highest BCUT2D eigenvalue weighted by Gasteiger charge is 2.58. The van der Waals surface area contributed by atoms with Crippen LogP contribution in [0.2, 0.25) is 0 Å². The number of nitrogens with zero attached hydrogens (tertiary/aromatic N) is 1. The summed E-state index contributed by atoms with van der Waals surface area (Å²) in [5.41, 5.74) is -1.47. The number of aliphatic hydroxyl groups is 2. The van der Waals surface area contributed by atoms with Crippen LogP contribution in [0.4, 0.5) is 0 Å². The lowest BCUT2D eigenvalue weighted by atomic mass is 9.72. The molecule has 98 valence electrons. The third-order valence-electron chi connectivity index (χ3n) is 4.61. The molecule has 0 aromatic heterocycles. The van der Waals surface area contributed by atoms with E-state index in [1.54, 1.807) is 6.92 Å². The van der Waals surface area contributed by atoms with Gasteiger partial charge < -0.3 is 15.3 Å². The first-order chi connectivity index (χ1) is 7.91. The summed E-state index contributed by atoms with van der Waals surface area (Å²) in [4.78, 5) is 13.5. The van der Waals surface area contributed by atoms with Crippen LogP contribution in [0.25, 0.3) is 0 Å². The van der Waals surface area contributed by atoms with Crippen molar-refractivity contribution in [3.05, 3.63) is 0 Å². The van der Waals surface area contributed by atoms with Crippen LogP contribution in [-0.2, 0) is 4.79 Å². The highest BCUT2D eigenvalue weighted by atomic mass is 16.4. The molecule has 3 N–H and O–H groups in total. The predicted octanol–water partition coefficient (Wildman–Crippen LogP) is 0.0557. The highest BCUT2D eigenvalue weighted by Crippen LogP contribution is 2.45. The smallest absolute Gasteiger partial charge is 0.311 e. The maximum Gasteiger partial charge on any atom is 0.311 e. The Balaban J connectivity index is 2.35. The second-order valence-electron chi connectivity index (χ2n) is 5.40. The Kier molecular flexibility index (Phi) is 3.18. The van der Waals surface area contributed by atoms with E-state index in [-0.39, 0.29) is 12.1 Å². The number of carboxylic acids is 1. The fourth-order valence-corrected chi connectivity index (χ4v) is 3.60. The summed E-state index contributed by atoms with van der Waals surface area (Å²) in [6.07, 6.45) is 1.47. The van der Waals surface area contributed by atoms with Crippen LogP contribution in [0.1, 0.15) is 32.6 Å². The molecule has 5 atom stereocenters. The van der Waals surface area contributed by atoms with Crippen molar-refractivity contribution in [2.45, 2.75) is 56.4 Å². The van der Waals surface area contributed by atoms with Gasteiger partial charge in [0.1, 0.15) is 11.5 Å². The van der Waals surface area contributed by atoms with E-state index in [4.69, 9.17) is 0 Å². The molecule has 17 heavy (non-hydrogen) atoms. The third-order valence-corrected chi connectivity index (χ3v) is 4.61. The summed E-state index contributed by atoms with van der Waals surface area (Å²) in [6.45, 7) is 1.77. The summed E-state index contributed by atoms with van der Waals surface area (Å²) in [6, 6.07) is 0.0410. The molecular formula is C12H21NO4. The maximum atomic E-state index is 11.4. The molecule has 1 unspecified atom stereocenters. The molecule has 0 saturated carbocycles. The van der Waals surface area contributed by atoms with E-state index in [9.17, 15) is 20.1 Å². The summed E-state index contributed by atoms with van der Waals surface area (Å²) < 4.78 is 0. The highest BCUT2D eigenvalue weighted by molar-refractivity contribution is 5.73. The molecule has 0 aromatic carbocycles. The number of aliphatic carboxylic acids is 1. The summed E-state index contributed by atoms with van der Waals surface area (Å²) in [5, 5.41) is 29.9. The molecule has 5 nitrogen and oxygen atoms in total. The van der Waals surface area contributed by atoms with Gasteiger partial charge >= 0.3 is 5.97 Å². The topological polar surface area (TPSA) is 81.0 Å². The van der Waals surface area contributed by atoms with Crippen LogP contribution >= 0.6 is 0 Å². The van der Waals surface area contributed by atoms with Gasteiger partial charge in [-0.3, -0.25) is 9.69 Å². The van der Waals surface area contributed by atoms with Crippen molar-refractivity contribution in [2.24, 2.45) is 5.92 Å². The average Bonchev–Trinajstić information content (AvgIpc) is 2.52. The lowest BCUT2D eigenvalue weighted by Crippen LogP contribution is -2.63. The Morgan fingerprint density at radius 2 is 2.18 bits per heavy atom.